The molecule has 6 heteroatoms. The highest BCUT2D eigenvalue weighted by Gasteiger charge is 2.30. The molecule has 0 spiro atoms. The molecule has 0 saturated heterocycles. The fourth-order valence-electron chi connectivity index (χ4n) is 3.32. The average Bonchev–Trinajstić information content (AvgIpc) is 3.08. The van der Waals surface area contributed by atoms with Crippen LogP contribution in [0.1, 0.15) is 32.6 Å². The van der Waals surface area contributed by atoms with Gasteiger partial charge in [-0.1, -0.05) is 36.9 Å². The number of nitro groups is 1. The summed E-state index contributed by atoms with van der Waals surface area (Å²) in [4.78, 5) is 23.1. The highest BCUT2D eigenvalue weighted by Crippen LogP contribution is 2.37. The molecule has 0 aromatic heterocycles. The lowest BCUT2D eigenvalue weighted by molar-refractivity contribution is -0.384. The molecule has 0 bridgehead atoms. The normalized spacial score (nSPS) is 13.6. The van der Waals surface area contributed by atoms with E-state index >= 15 is 0 Å². The van der Waals surface area contributed by atoms with Crippen molar-refractivity contribution in [3.8, 4) is 11.5 Å². The van der Waals surface area contributed by atoms with Gasteiger partial charge in [-0.15, -0.1) is 0 Å². The largest absolute Gasteiger partial charge is 0.489 e. The monoisotopic (exact) mass is 413 g/mol. The van der Waals surface area contributed by atoms with Crippen LogP contribution in [0, 0.1) is 17.0 Å². The molecule has 154 valence electrons. The lowest BCUT2D eigenvalue weighted by Gasteiger charge is -2.09. The summed E-state index contributed by atoms with van der Waals surface area (Å²) in [7, 11) is 0. The van der Waals surface area contributed by atoms with Gasteiger partial charge < -0.3 is 9.47 Å². The maximum absolute atomic E-state index is 12.8. The van der Waals surface area contributed by atoms with E-state index in [1.54, 1.807) is 30.4 Å². The smallest absolute Gasteiger partial charge is 0.269 e. The molecular weight excluding hydrogens is 394 g/mol. The molecule has 1 heterocycles. The van der Waals surface area contributed by atoms with E-state index in [-0.39, 0.29) is 17.2 Å². The van der Waals surface area contributed by atoms with E-state index in [9.17, 15) is 14.9 Å². The van der Waals surface area contributed by atoms with Crippen molar-refractivity contribution < 1.29 is 19.2 Å². The van der Waals surface area contributed by atoms with Gasteiger partial charge in [-0.2, -0.15) is 0 Å². The third-order valence-electron chi connectivity index (χ3n) is 4.97. The molecule has 0 saturated carbocycles. The van der Waals surface area contributed by atoms with Gasteiger partial charge in [0.25, 0.3) is 5.69 Å². The van der Waals surface area contributed by atoms with Gasteiger partial charge >= 0.3 is 0 Å². The van der Waals surface area contributed by atoms with Crippen LogP contribution in [0.5, 0.6) is 11.5 Å². The van der Waals surface area contributed by atoms with Crippen LogP contribution in [0.15, 0.2) is 73.0 Å². The number of hydrogen-bond donors (Lipinski definition) is 0. The van der Waals surface area contributed by atoms with Crippen LogP contribution in [0.2, 0.25) is 0 Å². The third-order valence-corrected chi connectivity index (χ3v) is 4.97. The van der Waals surface area contributed by atoms with Gasteiger partial charge in [0.1, 0.15) is 18.1 Å². The molecule has 3 aromatic carbocycles. The van der Waals surface area contributed by atoms with Crippen molar-refractivity contribution in [3.63, 3.8) is 0 Å². The van der Waals surface area contributed by atoms with Crippen molar-refractivity contribution in [2.24, 2.45) is 0 Å². The van der Waals surface area contributed by atoms with Crippen molar-refractivity contribution in [1.29, 1.82) is 0 Å². The fraction of sp³-hybridized carbons (Fsp3) is 0.0800. The topological polar surface area (TPSA) is 78.7 Å². The number of carbonyl (C=O) groups is 1. The summed E-state index contributed by atoms with van der Waals surface area (Å²) in [6.07, 6.45) is 3.36. The molecule has 4 rings (SSSR count). The number of fused-ring (bicyclic) bond motifs is 1. The number of benzene rings is 3. The van der Waals surface area contributed by atoms with E-state index in [1.165, 1.54) is 12.1 Å². The Kier molecular flexibility index (Phi) is 5.37. The Morgan fingerprint density at radius 3 is 2.39 bits per heavy atom. The standard InChI is InChI=1S/C25H19NO5/c1-3-17-4-6-19(7-5-17)15-30-21-12-16(2)24-22(14-21)31-23(25(24)27)13-18-8-10-20(11-9-18)26(28)29/h3-14H,1,15H2,2H3/b23-13-. The number of nitro benzene ring substituents is 1. The molecule has 31 heavy (non-hydrogen) atoms. The minimum Gasteiger partial charge on any atom is -0.489 e. The van der Waals surface area contributed by atoms with Crippen molar-refractivity contribution in [3.05, 3.63) is 111 Å². The molecule has 6 nitrogen and oxygen atoms in total. The fourth-order valence-corrected chi connectivity index (χ4v) is 3.32. The van der Waals surface area contributed by atoms with Crippen molar-refractivity contribution in [2.45, 2.75) is 13.5 Å². The lowest BCUT2D eigenvalue weighted by Crippen LogP contribution is -2.00. The van der Waals surface area contributed by atoms with E-state index in [0.29, 0.717) is 29.2 Å². The van der Waals surface area contributed by atoms with E-state index in [4.69, 9.17) is 9.47 Å². The molecule has 0 N–H and O–H groups in total. The number of hydrogen-bond acceptors (Lipinski definition) is 5. The van der Waals surface area contributed by atoms with Crippen molar-refractivity contribution in [1.82, 2.24) is 0 Å². The maximum Gasteiger partial charge on any atom is 0.269 e. The van der Waals surface area contributed by atoms with E-state index < -0.39 is 4.92 Å². The number of allylic oxidation sites excluding steroid dienone is 1. The number of ketones is 1. The molecule has 0 fully saturated rings. The zero-order valence-electron chi connectivity index (χ0n) is 16.8. The van der Waals surface area contributed by atoms with Gasteiger partial charge in [0.15, 0.2) is 5.76 Å². The van der Waals surface area contributed by atoms with Crippen LogP contribution in [0.4, 0.5) is 5.69 Å². The number of carbonyl (C=O) groups excluding carboxylic acids is 1. The van der Waals surface area contributed by atoms with Gasteiger partial charge in [0.2, 0.25) is 5.78 Å². The second kappa shape index (κ2) is 8.28. The molecule has 0 aliphatic carbocycles. The SMILES string of the molecule is C=Cc1ccc(COc2cc(C)c3c(c2)O/C(=C\c2ccc([N+](=O)[O-])cc2)C3=O)cc1. The zero-order chi connectivity index (χ0) is 22.0. The lowest BCUT2D eigenvalue weighted by atomic mass is 10.0. The summed E-state index contributed by atoms with van der Waals surface area (Å²) >= 11 is 0. The van der Waals surface area contributed by atoms with Crippen LogP contribution in [0.25, 0.3) is 12.2 Å². The van der Waals surface area contributed by atoms with Crippen LogP contribution < -0.4 is 9.47 Å². The Bertz CT molecular complexity index is 1210. The molecule has 1 aliphatic rings. The first kappa shape index (κ1) is 20.1. The molecule has 0 unspecified atom stereocenters. The Morgan fingerprint density at radius 2 is 1.74 bits per heavy atom. The van der Waals surface area contributed by atoms with Gasteiger partial charge in [-0.25, -0.2) is 0 Å². The van der Waals surface area contributed by atoms with Gasteiger partial charge in [-0.05, 0) is 53.5 Å². The highest BCUT2D eigenvalue weighted by atomic mass is 16.6. The number of non-ortho nitro benzene ring substituents is 1. The summed E-state index contributed by atoms with van der Waals surface area (Å²) in [6, 6.07) is 17.3. The molecule has 3 aromatic rings. The van der Waals surface area contributed by atoms with Gasteiger partial charge in [-0.3, -0.25) is 14.9 Å². The Balaban J connectivity index is 1.52. The Morgan fingerprint density at radius 1 is 1.06 bits per heavy atom. The molecule has 0 amide bonds. The maximum atomic E-state index is 12.8. The van der Waals surface area contributed by atoms with Crippen molar-refractivity contribution >= 4 is 23.6 Å². The summed E-state index contributed by atoms with van der Waals surface area (Å²) in [5, 5.41) is 10.8. The molecule has 0 radical (unpaired) electrons. The summed E-state index contributed by atoms with van der Waals surface area (Å²) in [5.41, 5.74) is 3.93. The summed E-state index contributed by atoms with van der Waals surface area (Å²) in [5.74, 6) is 0.991. The number of Topliss-reactive ketones (excluding diaryl/α,β-unsaturated/α-hetero) is 1. The first-order valence-corrected chi connectivity index (χ1v) is 9.62. The highest BCUT2D eigenvalue weighted by molar-refractivity contribution is 6.15. The Labute approximate surface area is 179 Å². The quantitative estimate of drug-likeness (QED) is 0.292. The number of rotatable bonds is 6. The van der Waals surface area contributed by atoms with E-state index in [0.717, 1.165) is 16.7 Å². The van der Waals surface area contributed by atoms with Crippen LogP contribution >= 0.6 is 0 Å². The molecule has 0 atom stereocenters. The first-order chi connectivity index (χ1) is 14.9. The molecule has 1 aliphatic heterocycles. The third kappa shape index (κ3) is 4.23. The average molecular weight is 413 g/mol. The number of ether oxygens (including phenoxy) is 2. The minimum atomic E-state index is -0.470. The van der Waals surface area contributed by atoms with E-state index in [2.05, 4.69) is 6.58 Å². The van der Waals surface area contributed by atoms with Gasteiger partial charge in [0.05, 0.1) is 10.5 Å². The molecular formula is C25H19NO5. The van der Waals surface area contributed by atoms with Crippen molar-refractivity contribution in [2.75, 3.05) is 0 Å². The van der Waals surface area contributed by atoms with Crippen LogP contribution in [-0.4, -0.2) is 10.7 Å². The van der Waals surface area contributed by atoms with Crippen LogP contribution in [-0.2, 0) is 6.61 Å². The predicted molar refractivity (Wildman–Crippen MR) is 118 cm³/mol. The Hall–Kier alpha value is -4.19. The number of aryl methyl sites for hydroxylation is 1. The number of nitrogens with zero attached hydrogens (tertiary/aromatic N) is 1. The van der Waals surface area contributed by atoms with E-state index in [1.807, 2.05) is 37.3 Å². The van der Waals surface area contributed by atoms with Gasteiger partial charge in [0, 0.05) is 18.2 Å². The first-order valence-electron chi connectivity index (χ1n) is 9.62. The zero-order valence-corrected chi connectivity index (χ0v) is 16.8. The van der Waals surface area contributed by atoms with Crippen LogP contribution in [0.3, 0.4) is 0 Å². The second-order valence-corrected chi connectivity index (χ2v) is 7.14. The summed E-state index contributed by atoms with van der Waals surface area (Å²) in [6.45, 7) is 5.96. The minimum absolute atomic E-state index is 0.0131. The summed E-state index contributed by atoms with van der Waals surface area (Å²) < 4.78 is 11.7. The second-order valence-electron chi connectivity index (χ2n) is 7.14. The predicted octanol–water partition coefficient (Wildman–Crippen LogP) is 5.74.